The molecule has 0 saturated carbocycles. The molecular weight excluding hydrogens is 288 g/mol. The molecule has 2 N–H and O–H groups in total. The zero-order valence-corrected chi connectivity index (χ0v) is 11.2. The van der Waals surface area contributed by atoms with E-state index in [1.54, 1.807) is 13.8 Å². The van der Waals surface area contributed by atoms with Crippen molar-refractivity contribution in [3.63, 3.8) is 0 Å². The lowest BCUT2D eigenvalue weighted by Gasteiger charge is -2.42. The Morgan fingerprint density at radius 2 is 2.18 bits per heavy atom. The van der Waals surface area contributed by atoms with Gasteiger partial charge in [-0.1, -0.05) is 0 Å². The number of piperazine rings is 1. The van der Waals surface area contributed by atoms with Gasteiger partial charge in [0.25, 0.3) is 5.56 Å². The van der Waals surface area contributed by atoms with Gasteiger partial charge in [-0.05, 0) is 29.8 Å². The van der Waals surface area contributed by atoms with Crippen LogP contribution in [0.3, 0.4) is 0 Å². The molecule has 1 fully saturated rings. The SMILES string of the molecule is CC1(C)C(=O)NCCN1c1nc[nH]c(=O)c1Br. The number of nitrogens with zero attached hydrogens (tertiary/aromatic N) is 2. The molecule has 0 radical (unpaired) electrons. The molecule has 92 valence electrons. The van der Waals surface area contributed by atoms with Crippen molar-refractivity contribution in [1.82, 2.24) is 15.3 Å². The standard InChI is InChI=1S/C10H13BrN4O2/c1-10(2)9(17)12-3-4-15(10)7-6(11)8(16)14-5-13-7/h5H,3-4H2,1-2H3,(H,12,17)(H,13,14,16). The number of aromatic nitrogens is 2. The van der Waals surface area contributed by atoms with E-state index >= 15 is 0 Å². The van der Waals surface area contributed by atoms with E-state index in [0.29, 0.717) is 23.4 Å². The number of carbonyl (C=O) groups excluding carboxylic acids is 1. The highest BCUT2D eigenvalue weighted by Crippen LogP contribution is 2.27. The summed E-state index contributed by atoms with van der Waals surface area (Å²) >= 11 is 3.21. The fourth-order valence-electron chi connectivity index (χ4n) is 1.83. The lowest BCUT2D eigenvalue weighted by Crippen LogP contribution is -2.62. The number of hydrogen-bond donors (Lipinski definition) is 2. The quantitative estimate of drug-likeness (QED) is 0.779. The molecule has 1 amide bonds. The second-order valence-corrected chi connectivity index (χ2v) is 5.13. The maximum absolute atomic E-state index is 11.8. The third-order valence-corrected chi connectivity index (χ3v) is 3.60. The summed E-state index contributed by atoms with van der Waals surface area (Å²) in [6.45, 7) is 4.77. The van der Waals surface area contributed by atoms with Gasteiger partial charge in [0.05, 0.1) is 6.33 Å². The summed E-state index contributed by atoms with van der Waals surface area (Å²) in [6.07, 6.45) is 1.34. The van der Waals surface area contributed by atoms with Crippen LogP contribution in [0, 0.1) is 0 Å². The fourth-order valence-corrected chi connectivity index (χ4v) is 2.26. The van der Waals surface area contributed by atoms with Crippen LogP contribution in [0.2, 0.25) is 0 Å². The van der Waals surface area contributed by atoms with Crippen LogP contribution in [0.4, 0.5) is 5.82 Å². The Hall–Kier alpha value is -1.37. The zero-order valence-electron chi connectivity index (χ0n) is 9.58. The van der Waals surface area contributed by atoms with Crippen LogP contribution in [0.25, 0.3) is 0 Å². The number of carbonyl (C=O) groups is 1. The summed E-state index contributed by atoms with van der Waals surface area (Å²) in [5, 5.41) is 2.80. The van der Waals surface area contributed by atoms with Gasteiger partial charge in [-0.15, -0.1) is 0 Å². The van der Waals surface area contributed by atoms with Gasteiger partial charge in [0, 0.05) is 13.1 Å². The molecule has 6 nitrogen and oxygen atoms in total. The summed E-state index contributed by atoms with van der Waals surface area (Å²) in [5.74, 6) is 0.423. The highest BCUT2D eigenvalue weighted by Gasteiger charge is 2.39. The molecule has 2 heterocycles. The minimum Gasteiger partial charge on any atom is -0.352 e. The maximum Gasteiger partial charge on any atom is 0.267 e. The Bertz CT molecular complexity index is 511. The molecule has 1 aliphatic rings. The van der Waals surface area contributed by atoms with Gasteiger partial charge in [0.1, 0.15) is 10.0 Å². The van der Waals surface area contributed by atoms with Crippen molar-refractivity contribution in [3.05, 3.63) is 21.2 Å². The molecule has 1 aliphatic heterocycles. The highest BCUT2D eigenvalue weighted by atomic mass is 79.9. The van der Waals surface area contributed by atoms with Gasteiger partial charge in [-0.2, -0.15) is 0 Å². The third-order valence-electron chi connectivity index (χ3n) is 2.89. The molecule has 1 saturated heterocycles. The summed E-state index contributed by atoms with van der Waals surface area (Å²) in [6, 6.07) is 0. The van der Waals surface area contributed by atoms with E-state index in [4.69, 9.17) is 0 Å². The minimum atomic E-state index is -0.721. The molecule has 0 spiro atoms. The van der Waals surface area contributed by atoms with E-state index < -0.39 is 5.54 Å². The third kappa shape index (κ3) is 1.95. The van der Waals surface area contributed by atoms with Crippen LogP contribution >= 0.6 is 15.9 Å². The topological polar surface area (TPSA) is 78.1 Å². The van der Waals surface area contributed by atoms with Crippen molar-refractivity contribution in [1.29, 1.82) is 0 Å². The van der Waals surface area contributed by atoms with Crippen molar-refractivity contribution >= 4 is 27.7 Å². The molecular formula is C10H13BrN4O2. The average molecular weight is 301 g/mol. The first-order valence-electron chi connectivity index (χ1n) is 5.23. The predicted octanol–water partition coefficient (Wildman–Crippen LogP) is 0.247. The minimum absolute atomic E-state index is 0.0715. The number of H-pyrrole nitrogens is 1. The normalized spacial score (nSPS) is 19.0. The van der Waals surface area contributed by atoms with Crippen molar-refractivity contribution in [2.24, 2.45) is 0 Å². The van der Waals surface area contributed by atoms with Crippen LogP contribution in [0.5, 0.6) is 0 Å². The molecule has 0 aliphatic carbocycles. The van der Waals surface area contributed by atoms with Gasteiger partial charge in [-0.3, -0.25) is 9.59 Å². The maximum atomic E-state index is 11.8. The van der Waals surface area contributed by atoms with Crippen molar-refractivity contribution < 1.29 is 4.79 Å². The van der Waals surface area contributed by atoms with Gasteiger partial charge < -0.3 is 15.2 Å². The molecule has 1 aromatic heterocycles. The van der Waals surface area contributed by atoms with Gasteiger partial charge in [-0.25, -0.2) is 4.98 Å². The Labute approximate surface area is 107 Å². The molecule has 7 heteroatoms. The first-order valence-corrected chi connectivity index (χ1v) is 6.03. The molecule has 0 aromatic carbocycles. The second-order valence-electron chi connectivity index (χ2n) is 4.34. The van der Waals surface area contributed by atoms with E-state index in [2.05, 4.69) is 31.2 Å². The number of halogens is 1. The highest BCUT2D eigenvalue weighted by molar-refractivity contribution is 9.10. The number of amides is 1. The number of hydrogen-bond acceptors (Lipinski definition) is 4. The van der Waals surface area contributed by atoms with E-state index in [1.807, 2.05) is 4.90 Å². The predicted molar refractivity (Wildman–Crippen MR) is 67.0 cm³/mol. The molecule has 0 unspecified atom stereocenters. The molecule has 0 atom stereocenters. The first kappa shape index (κ1) is 12.1. The zero-order chi connectivity index (χ0) is 12.6. The number of rotatable bonds is 1. The molecule has 0 bridgehead atoms. The van der Waals surface area contributed by atoms with Crippen LogP contribution in [-0.4, -0.2) is 34.5 Å². The summed E-state index contributed by atoms with van der Waals surface area (Å²) in [5.41, 5.74) is -0.974. The Morgan fingerprint density at radius 3 is 2.88 bits per heavy atom. The summed E-state index contributed by atoms with van der Waals surface area (Å²) < 4.78 is 0.350. The van der Waals surface area contributed by atoms with Gasteiger partial charge in [0.2, 0.25) is 5.91 Å². The molecule has 17 heavy (non-hydrogen) atoms. The number of anilines is 1. The lowest BCUT2D eigenvalue weighted by atomic mass is 9.99. The van der Waals surface area contributed by atoms with Crippen LogP contribution in [-0.2, 0) is 4.79 Å². The lowest BCUT2D eigenvalue weighted by molar-refractivity contribution is -0.126. The molecule has 2 rings (SSSR count). The van der Waals surface area contributed by atoms with Crippen LogP contribution < -0.4 is 15.8 Å². The van der Waals surface area contributed by atoms with Crippen molar-refractivity contribution in [2.75, 3.05) is 18.0 Å². The van der Waals surface area contributed by atoms with Crippen LogP contribution in [0.15, 0.2) is 15.6 Å². The van der Waals surface area contributed by atoms with E-state index in [9.17, 15) is 9.59 Å². The monoisotopic (exact) mass is 300 g/mol. The first-order chi connectivity index (χ1) is 7.94. The average Bonchev–Trinajstić information content (AvgIpc) is 2.27. The number of nitrogens with one attached hydrogen (secondary N) is 2. The van der Waals surface area contributed by atoms with Gasteiger partial charge >= 0.3 is 0 Å². The summed E-state index contributed by atoms with van der Waals surface area (Å²) in [4.78, 5) is 31.8. The Balaban J connectivity index is 2.49. The van der Waals surface area contributed by atoms with Crippen molar-refractivity contribution in [3.8, 4) is 0 Å². The van der Waals surface area contributed by atoms with Crippen LogP contribution in [0.1, 0.15) is 13.8 Å². The molecule has 1 aromatic rings. The smallest absolute Gasteiger partial charge is 0.267 e. The van der Waals surface area contributed by atoms with E-state index in [-0.39, 0.29) is 11.5 Å². The fraction of sp³-hybridized carbons (Fsp3) is 0.500. The number of aromatic amines is 1. The van der Waals surface area contributed by atoms with Crippen molar-refractivity contribution in [2.45, 2.75) is 19.4 Å². The van der Waals surface area contributed by atoms with E-state index in [0.717, 1.165) is 0 Å². The Kier molecular flexibility index (Phi) is 2.94. The Morgan fingerprint density at radius 1 is 1.47 bits per heavy atom. The van der Waals surface area contributed by atoms with E-state index in [1.165, 1.54) is 6.33 Å². The largest absolute Gasteiger partial charge is 0.352 e. The van der Waals surface area contributed by atoms with Gasteiger partial charge in [0.15, 0.2) is 5.82 Å². The summed E-state index contributed by atoms with van der Waals surface area (Å²) in [7, 11) is 0. The second kappa shape index (κ2) is 4.14.